The number of hydrogen-bond donors (Lipinski definition) is 1. The first-order valence-electron chi connectivity index (χ1n) is 12.2. The molecule has 0 bridgehead atoms. The molecule has 1 aliphatic heterocycles. The van der Waals surface area contributed by atoms with Crippen LogP contribution in [0.5, 0.6) is 0 Å². The number of benzene rings is 3. The van der Waals surface area contributed by atoms with Crippen molar-refractivity contribution in [1.82, 2.24) is 9.47 Å². The number of halogens is 1. The summed E-state index contributed by atoms with van der Waals surface area (Å²) >= 11 is 7.28. The average molecular weight is 544 g/mol. The Kier molecular flexibility index (Phi) is 7.15. The van der Waals surface area contributed by atoms with E-state index in [4.69, 9.17) is 11.6 Å². The van der Waals surface area contributed by atoms with Crippen molar-refractivity contribution >= 4 is 63.1 Å². The van der Waals surface area contributed by atoms with Crippen LogP contribution in [0.2, 0.25) is 5.02 Å². The highest BCUT2D eigenvalue weighted by Crippen LogP contribution is 2.36. The van der Waals surface area contributed by atoms with Crippen molar-refractivity contribution in [1.29, 1.82) is 0 Å². The van der Waals surface area contributed by atoms with Gasteiger partial charge in [-0.05, 0) is 79.6 Å². The van der Waals surface area contributed by atoms with Gasteiger partial charge in [-0.25, -0.2) is 0 Å². The van der Waals surface area contributed by atoms with Gasteiger partial charge >= 0.3 is 0 Å². The summed E-state index contributed by atoms with van der Waals surface area (Å²) in [6.07, 6.45) is 1.76. The third-order valence-corrected chi connectivity index (χ3v) is 8.08. The highest BCUT2D eigenvalue weighted by molar-refractivity contribution is 8.18. The molecule has 8 heteroatoms. The Labute approximate surface area is 230 Å². The van der Waals surface area contributed by atoms with Crippen LogP contribution >= 0.6 is 23.4 Å². The summed E-state index contributed by atoms with van der Waals surface area (Å²) in [6, 6.07) is 21.2. The molecule has 1 fully saturated rings. The molecule has 0 atom stereocenters. The van der Waals surface area contributed by atoms with Gasteiger partial charge in [-0.2, -0.15) is 0 Å². The fraction of sp³-hybridized carbons (Fsp3) is 0.167. The predicted octanol–water partition coefficient (Wildman–Crippen LogP) is 6.94. The van der Waals surface area contributed by atoms with Crippen molar-refractivity contribution < 1.29 is 14.4 Å². The minimum absolute atomic E-state index is 0.290. The fourth-order valence-electron chi connectivity index (χ4n) is 4.57. The number of nitrogens with one attached hydrogen (secondary N) is 1. The lowest BCUT2D eigenvalue weighted by Gasteiger charge is -2.13. The van der Waals surface area contributed by atoms with Crippen molar-refractivity contribution in [3.8, 4) is 0 Å². The molecule has 192 valence electrons. The normalized spacial score (nSPS) is 14.6. The zero-order valence-electron chi connectivity index (χ0n) is 21.2. The molecule has 1 saturated heterocycles. The number of carbonyl (C=O) groups is 3. The van der Waals surface area contributed by atoms with Gasteiger partial charge in [0.05, 0.1) is 4.91 Å². The number of thioether (sulfide) groups is 1. The van der Waals surface area contributed by atoms with E-state index in [1.54, 1.807) is 12.1 Å². The van der Waals surface area contributed by atoms with E-state index in [1.807, 2.05) is 81.4 Å². The zero-order valence-corrected chi connectivity index (χ0v) is 22.8. The third kappa shape index (κ3) is 4.99. The second kappa shape index (κ2) is 10.5. The average Bonchev–Trinajstić information content (AvgIpc) is 3.30. The van der Waals surface area contributed by atoms with Gasteiger partial charge in [0.1, 0.15) is 6.54 Å². The lowest BCUT2D eigenvalue weighted by molar-refractivity contribution is -0.127. The van der Waals surface area contributed by atoms with Crippen LogP contribution in [0.15, 0.2) is 71.6 Å². The van der Waals surface area contributed by atoms with Crippen LogP contribution in [-0.2, 0) is 16.1 Å². The topological polar surface area (TPSA) is 71.4 Å². The Morgan fingerprint density at radius 2 is 1.71 bits per heavy atom. The summed E-state index contributed by atoms with van der Waals surface area (Å²) in [4.78, 5) is 39.9. The first-order chi connectivity index (χ1) is 18.2. The summed E-state index contributed by atoms with van der Waals surface area (Å²) < 4.78 is 2.16. The number of aromatic nitrogens is 1. The summed E-state index contributed by atoms with van der Waals surface area (Å²) in [5.74, 6) is -0.901. The number of carbonyl (C=O) groups excluding carboxylic acids is 3. The Morgan fingerprint density at radius 3 is 2.47 bits per heavy atom. The van der Waals surface area contributed by atoms with Gasteiger partial charge in [0.25, 0.3) is 11.1 Å². The first-order valence-corrected chi connectivity index (χ1v) is 13.4. The lowest BCUT2D eigenvalue weighted by Crippen LogP contribution is -2.36. The lowest BCUT2D eigenvalue weighted by atomic mass is 10.1. The number of amides is 3. The van der Waals surface area contributed by atoms with Crippen molar-refractivity contribution in [3.05, 3.63) is 105 Å². The van der Waals surface area contributed by atoms with E-state index in [-0.39, 0.29) is 11.4 Å². The Hall–Kier alpha value is -3.81. The van der Waals surface area contributed by atoms with Crippen LogP contribution in [-0.4, -0.2) is 33.1 Å². The summed E-state index contributed by atoms with van der Waals surface area (Å²) in [5.41, 5.74) is 6.58. The number of rotatable bonds is 6. The molecule has 0 unspecified atom stereocenters. The van der Waals surface area contributed by atoms with E-state index >= 15 is 0 Å². The molecule has 5 rings (SSSR count). The Balaban J connectivity index is 1.41. The minimum Gasteiger partial charge on any atom is -0.340 e. The highest BCUT2D eigenvalue weighted by Gasteiger charge is 2.36. The van der Waals surface area contributed by atoms with Crippen LogP contribution in [0, 0.1) is 20.8 Å². The van der Waals surface area contributed by atoms with Gasteiger partial charge in [0, 0.05) is 39.4 Å². The van der Waals surface area contributed by atoms with E-state index in [2.05, 4.69) is 9.88 Å². The van der Waals surface area contributed by atoms with E-state index in [0.29, 0.717) is 17.3 Å². The van der Waals surface area contributed by atoms with E-state index in [9.17, 15) is 14.4 Å². The number of nitrogens with zero attached hydrogens (tertiary/aromatic N) is 2. The van der Waals surface area contributed by atoms with Crippen molar-refractivity contribution in [2.75, 3.05) is 11.9 Å². The quantitative estimate of drug-likeness (QED) is 0.267. The molecule has 0 aliphatic carbocycles. The fourth-order valence-corrected chi connectivity index (χ4v) is 5.59. The molecule has 3 amide bonds. The Bertz CT molecular complexity index is 1640. The zero-order chi connectivity index (χ0) is 27.0. The molecular weight excluding hydrogens is 518 g/mol. The van der Waals surface area contributed by atoms with Gasteiger partial charge in [-0.3, -0.25) is 19.3 Å². The molecule has 2 heterocycles. The minimum atomic E-state index is -0.474. The number of imide groups is 1. The predicted molar refractivity (Wildman–Crippen MR) is 154 cm³/mol. The van der Waals surface area contributed by atoms with E-state index in [0.717, 1.165) is 55.5 Å². The molecule has 1 aromatic heterocycles. The van der Waals surface area contributed by atoms with Crippen molar-refractivity contribution in [3.63, 3.8) is 0 Å². The van der Waals surface area contributed by atoms with Crippen LogP contribution in [0.3, 0.4) is 0 Å². The molecule has 3 aromatic carbocycles. The first kappa shape index (κ1) is 25.8. The molecule has 6 nitrogen and oxygen atoms in total. The second-order valence-corrected chi connectivity index (χ2v) is 10.7. The maximum atomic E-state index is 13.2. The number of para-hydroxylation sites is 1. The van der Waals surface area contributed by atoms with Crippen molar-refractivity contribution in [2.45, 2.75) is 27.3 Å². The molecule has 38 heavy (non-hydrogen) atoms. The van der Waals surface area contributed by atoms with Gasteiger partial charge in [-0.1, -0.05) is 54.1 Å². The number of fused-ring (bicyclic) bond motifs is 1. The molecule has 0 spiro atoms. The van der Waals surface area contributed by atoms with Gasteiger partial charge in [0.2, 0.25) is 5.91 Å². The van der Waals surface area contributed by atoms with Crippen LogP contribution in [0.4, 0.5) is 10.5 Å². The third-order valence-electron chi connectivity index (χ3n) is 6.81. The maximum Gasteiger partial charge on any atom is 0.294 e. The summed E-state index contributed by atoms with van der Waals surface area (Å²) in [7, 11) is 0. The monoisotopic (exact) mass is 543 g/mol. The van der Waals surface area contributed by atoms with Gasteiger partial charge in [-0.15, -0.1) is 0 Å². The number of aryl methyl sites for hydroxylation is 2. The van der Waals surface area contributed by atoms with Gasteiger partial charge in [0.15, 0.2) is 0 Å². The highest BCUT2D eigenvalue weighted by atomic mass is 35.5. The van der Waals surface area contributed by atoms with E-state index < -0.39 is 17.1 Å². The SMILES string of the molecule is Cc1ccc(NC(=O)CN2C(=O)S/C(=C\c3c(C)n(Cc4ccccc4Cl)c4ccccc34)C2=O)cc1C. The molecule has 1 N–H and O–H groups in total. The summed E-state index contributed by atoms with van der Waals surface area (Å²) in [5, 5.41) is 3.97. The van der Waals surface area contributed by atoms with Gasteiger partial charge < -0.3 is 9.88 Å². The van der Waals surface area contributed by atoms with Crippen LogP contribution in [0.25, 0.3) is 17.0 Å². The molecule has 0 radical (unpaired) electrons. The summed E-state index contributed by atoms with van der Waals surface area (Å²) in [6.45, 7) is 6.16. The molecule has 4 aromatic rings. The molecular formula is C30H26ClN3O3S. The second-order valence-electron chi connectivity index (χ2n) is 9.31. The smallest absolute Gasteiger partial charge is 0.294 e. The standard InChI is InChI=1S/C30H26ClN3O3S/c1-18-12-13-22(14-19(18)2)32-28(35)17-34-29(36)27(38-30(34)37)15-24-20(3)33(26-11-7-5-9-23(24)26)16-21-8-4-6-10-25(21)31/h4-15H,16-17H2,1-3H3,(H,32,35)/b27-15-. The largest absolute Gasteiger partial charge is 0.340 e. The van der Waals surface area contributed by atoms with Crippen LogP contribution < -0.4 is 5.32 Å². The van der Waals surface area contributed by atoms with E-state index in [1.165, 1.54) is 0 Å². The van der Waals surface area contributed by atoms with Crippen molar-refractivity contribution in [2.24, 2.45) is 0 Å². The number of anilines is 1. The number of hydrogen-bond acceptors (Lipinski definition) is 4. The Morgan fingerprint density at radius 1 is 0.974 bits per heavy atom. The molecule has 1 aliphatic rings. The van der Waals surface area contributed by atoms with Crippen LogP contribution in [0.1, 0.15) is 27.9 Å². The maximum absolute atomic E-state index is 13.2. The molecule has 0 saturated carbocycles.